The number of imide groups is 1. The molecule has 0 radical (unpaired) electrons. The van der Waals surface area contributed by atoms with Gasteiger partial charge >= 0.3 is 6.03 Å². The van der Waals surface area contributed by atoms with Crippen LogP contribution in [-0.4, -0.2) is 34.1 Å². The van der Waals surface area contributed by atoms with Crippen molar-refractivity contribution in [3.63, 3.8) is 0 Å². The molecule has 0 saturated carbocycles. The molecular weight excluding hydrogens is 398 g/mol. The highest BCUT2D eigenvalue weighted by atomic mass is 16.6. The molecule has 1 atom stereocenters. The van der Waals surface area contributed by atoms with Gasteiger partial charge in [-0.2, -0.15) is 0 Å². The molecule has 8 nitrogen and oxygen atoms in total. The van der Waals surface area contributed by atoms with Gasteiger partial charge in [-0.1, -0.05) is 54.6 Å². The summed E-state index contributed by atoms with van der Waals surface area (Å²) in [5.74, 6) is -1.11. The molecule has 31 heavy (non-hydrogen) atoms. The van der Waals surface area contributed by atoms with Gasteiger partial charge in [-0.15, -0.1) is 0 Å². The third-order valence-electron chi connectivity index (χ3n) is 5.63. The number of amides is 3. The summed E-state index contributed by atoms with van der Waals surface area (Å²) in [4.78, 5) is 50.1. The summed E-state index contributed by atoms with van der Waals surface area (Å²) in [6.07, 6.45) is 0. The minimum Gasteiger partial charge on any atom is -0.319 e. The van der Waals surface area contributed by atoms with Gasteiger partial charge in [0.15, 0.2) is 5.78 Å². The van der Waals surface area contributed by atoms with Gasteiger partial charge in [0.25, 0.3) is 11.6 Å². The lowest BCUT2D eigenvalue weighted by molar-refractivity contribution is -0.385. The van der Waals surface area contributed by atoms with Crippen molar-refractivity contribution in [2.45, 2.75) is 19.4 Å². The molecule has 1 aliphatic heterocycles. The standard InChI is InChI=1S/C23H19N3O5/c1-14-10-11-16(12-19(14)26(30)31)20(27)13-25-21(28)23(2,24-22(25)29)18-9-5-7-15-6-3-4-8-17(15)18/h3-12H,13H2,1-2H3,(H,24,29)/t23-/m0/s1. The van der Waals surface area contributed by atoms with Crippen molar-refractivity contribution in [2.75, 3.05) is 6.54 Å². The number of hydrogen-bond acceptors (Lipinski definition) is 5. The number of benzene rings is 3. The summed E-state index contributed by atoms with van der Waals surface area (Å²) in [7, 11) is 0. The molecular formula is C23H19N3O5. The molecule has 0 unspecified atom stereocenters. The first kappa shape index (κ1) is 20.2. The van der Waals surface area contributed by atoms with Gasteiger partial charge in [0, 0.05) is 17.2 Å². The second-order valence-electron chi connectivity index (χ2n) is 7.65. The molecule has 4 rings (SSSR count). The van der Waals surface area contributed by atoms with E-state index in [9.17, 15) is 24.5 Å². The van der Waals surface area contributed by atoms with E-state index in [0.29, 0.717) is 11.1 Å². The minimum absolute atomic E-state index is 0.0664. The Balaban J connectivity index is 1.65. The highest BCUT2D eigenvalue weighted by Gasteiger charge is 2.50. The predicted octanol–water partition coefficient (Wildman–Crippen LogP) is 3.71. The number of nitro groups is 1. The van der Waals surface area contributed by atoms with Gasteiger partial charge in [0.2, 0.25) is 0 Å². The van der Waals surface area contributed by atoms with E-state index in [-0.39, 0.29) is 11.3 Å². The maximum absolute atomic E-state index is 13.3. The average molecular weight is 417 g/mol. The van der Waals surface area contributed by atoms with Gasteiger partial charge in [0.1, 0.15) is 5.54 Å². The number of carbonyl (C=O) groups is 3. The van der Waals surface area contributed by atoms with Gasteiger partial charge in [-0.3, -0.25) is 24.6 Å². The first-order valence-corrected chi connectivity index (χ1v) is 9.63. The summed E-state index contributed by atoms with van der Waals surface area (Å²) in [5.41, 5.74) is -0.414. The molecule has 0 bridgehead atoms. The number of rotatable bonds is 5. The molecule has 1 N–H and O–H groups in total. The Hall–Kier alpha value is -4.07. The normalized spacial score (nSPS) is 18.3. The number of fused-ring (bicyclic) bond motifs is 1. The van der Waals surface area contributed by atoms with E-state index in [1.165, 1.54) is 18.2 Å². The van der Waals surface area contributed by atoms with E-state index >= 15 is 0 Å². The Bertz CT molecular complexity index is 1260. The second-order valence-corrected chi connectivity index (χ2v) is 7.65. The smallest absolute Gasteiger partial charge is 0.319 e. The summed E-state index contributed by atoms with van der Waals surface area (Å²) in [6.45, 7) is 2.67. The van der Waals surface area contributed by atoms with Crippen LogP contribution in [0.4, 0.5) is 10.5 Å². The number of aryl methyl sites for hydroxylation is 1. The molecule has 3 aromatic rings. The Morgan fingerprint density at radius 2 is 1.81 bits per heavy atom. The van der Waals surface area contributed by atoms with Crippen LogP contribution in [0.3, 0.4) is 0 Å². The second kappa shape index (κ2) is 7.32. The molecule has 156 valence electrons. The molecule has 0 spiro atoms. The lowest BCUT2D eigenvalue weighted by Gasteiger charge is -2.24. The van der Waals surface area contributed by atoms with Crippen LogP contribution < -0.4 is 5.32 Å². The van der Waals surface area contributed by atoms with Crippen molar-refractivity contribution in [1.82, 2.24) is 10.2 Å². The van der Waals surface area contributed by atoms with Crippen LogP contribution in [0.5, 0.6) is 0 Å². The predicted molar refractivity (Wildman–Crippen MR) is 114 cm³/mol. The van der Waals surface area contributed by atoms with Crippen LogP contribution in [-0.2, 0) is 10.3 Å². The molecule has 0 aromatic heterocycles. The summed E-state index contributed by atoms with van der Waals surface area (Å²) >= 11 is 0. The fraction of sp³-hybridized carbons (Fsp3) is 0.174. The van der Waals surface area contributed by atoms with Crippen LogP contribution in [0.15, 0.2) is 60.7 Å². The third-order valence-corrected chi connectivity index (χ3v) is 5.63. The van der Waals surface area contributed by atoms with Crippen LogP contribution >= 0.6 is 0 Å². The Morgan fingerprint density at radius 3 is 2.55 bits per heavy atom. The number of nitrogens with zero attached hydrogens (tertiary/aromatic N) is 2. The lowest BCUT2D eigenvalue weighted by atomic mass is 9.88. The zero-order valence-electron chi connectivity index (χ0n) is 16.9. The van der Waals surface area contributed by atoms with Gasteiger partial charge in [-0.25, -0.2) is 4.79 Å². The van der Waals surface area contributed by atoms with E-state index in [0.717, 1.165) is 15.7 Å². The van der Waals surface area contributed by atoms with Gasteiger partial charge in [0.05, 0.1) is 11.5 Å². The molecule has 1 aliphatic rings. The SMILES string of the molecule is Cc1ccc(C(=O)CN2C(=O)N[C@@](C)(c3cccc4ccccc34)C2=O)cc1[N+](=O)[O-]. The molecule has 1 fully saturated rings. The topological polar surface area (TPSA) is 110 Å². The number of nitro benzene ring substituents is 1. The number of hydrogen-bond donors (Lipinski definition) is 1. The summed E-state index contributed by atoms with van der Waals surface area (Å²) in [5, 5.41) is 15.6. The fourth-order valence-corrected chi connectivity index (χ4v) is 3.90. The number of Topliss-reactive ketones (excluding diaryl/α,β-unsaturated/α-hetero) is 1. The van der Waals surface area contributed by atoms with Crippen LogP contribution in [0.2, 0.25) is 0 Å². The molecule has 3 amide bonds. The highest BCUT2D eigenvalue weighted by Crippen LogP contribution is 2.34. The van der Waals surface area contributed by atoms with Crippen molar-refractivity contribution in [2.24, 2.45) is 0 Å². The zero-order chi connectivity index (χ0) is 22.3. The molecule has 8 heteroatoms. The summed E-state index contributed by atoms with van der Waals surface area (Å²) < 4.78 is 0. The van der Waals surface area contributed by atoms with Crippen molar-refractivity contribution < 1.29 is 19.3 Å². The van der Waals surface area contributed by atoms with E-state index in [1.54, 1.807) is 19.9 Å². The molecule has 0 aliphatic carbocycles. The first-order valence-electron chi connectivity index (χ1n) is 9.63. The Kier molecular flexibility index (Phi) is 4.77. The van der Waals surface area contributed by atoms with Crippen molar-refractivity contribution in [3.05, 3.63) is 87.5 Å². The first-order chi connectivity index (χ1) is 14.7. The molecule has 3 aromatic carbocycles. The highest BCUT2D eigenvalue weighted by molar-refractivity contribution is 6.12. The van der Waals surface area contributed by atoms with E-state index in [2.05, 4.69) is 5.32 Å². The zero-order valence-corrected chi connectivity index (χ0v) is 16.9. The number of urea groups is 1. The summed E-state index contributed by atoms with van der Waals surface area (Å²) in [6, 6.07) is 16.4. The van der Waals surface area contributed by atoms with Crippen molar-refractivity contribution >= 4 is 34.2 Å². The fourth-order valence-electron chi connectivity index (χ4n) is 3.90. The van der Waals surface area contributed by atoms with Gasteiger partial charge in [-0.05, 0) is 30.2 Å². The van der Waals surface area contributed by atoms with Crippen molar-refractivity contribution in [3.8, 4) is 0 Å². The van der Waals surface area contributed by atoms with Gasteiger partial charge < -0.3 is 5.32 Å². The molecule has 1 heterocycles. The van der Waals surface area contributed by atoms with Crippen molar-refractivity contribution in [1.29, 1.82) is 0 Å². The average Bonchev–Trinajstić information content (AvgIpc) is 2.97. The van der Waals surface area contributed by atoms with Crippen LogP contribution in [0.1, 0.15) is 28.4 Å². The lowest BCUT2D eigenvalue weighted by Crippen LogP contribution is -2.41. The Morgan fingerprint density at radius 1 is 1.10 bits per heavy atom. The largest absolute Gasteiger partial charge is 0.325 e. The van der Waals surface area contributed by atoms with Crippen LogP contribution in [0.25, 0.3) is 10.8 Å². The monoisotopic (exact) mass is 417 g/mol. The van der Waals surface area contributed by atoms with E-state index < -0.39 is 34.7 Å². The minimum atomic E-state index is -1.34. The van der Waals surface area contributed by atoms with E-state index in [1.807, 2.05) is 36.4 Å². The van der Waals surface area contributed by atoms with E-state index in [4.69, 9.17) is 0 Å². The molecule has 1 saturated heterocycles. The maximum Gasteiger partial charge on any atom is 0.325 e. The Labute approximate surface area is 177 Å². The number of nitrogens with one attached hydrogen (secondary N) is 1. The number of ketones is 1. The number of carbonyl (C=O) groups excluding carboxylic acids is 3. The maximum atomic E-state index is 13.3. The quantitative estimate of drug-likeness (QED) is 0.295. The third kappa shape index (κ3) is 3.31. The van der Waals surface area contributed by atoms with Crippen LogP contribution in [0, 0.1) is 17.0 Å².